The number of carbonyl (C=O) groups excluding carboxylic acids is 1. The Balaban J connectivity index is 1.70. The first-order valence-corrected chi connectivity index (χ1v) is 8.16. The van der Waals surface area contributed by atoms with E-state index in [4.69, 9.17) is 0 Å². The number of para-hydroxylation sites is 1. The molecule has 118 valence electrons. The van der Waals surface area contributed by atoms with E-state index in [-0.39, 0.29) is 11.7 Å². The summed E-state index contributed by atoms with van der Waals surface area (Å²) in [6, 6.07) is 13.7. The molecule has 4 aromatic rings. The summed E-state index contributed by atoms with van der Waals surface area (Å²) >= 11 is 1.41. The van der Waals surface area contributed by atoms with Gasteiger partial charge in [-0.1, -0.05) is 23.5 Å². The van der Waals surface area contributed by atoms with Gasteiger partial charge in [-0.15, -0.1) is 0 Å². The van der Waals surface area contributed by atoms with Crippen molar-refractivity contribution in [1.29, 1.82) is 0 Å². The highest BCUT2D eigenvalue weighted by atomic mass is 32.1. The first kappa shape index (κ1) is 14.7. The number of fused-ring (bicyclic) bond motifs is 2. The third-order valence-electron chi connectivity index (χ3n) is 3.73. The van der Waals surface area contributed by atoms with E-state index >= 15 is 0 Å². The van der Waals surface area contributed by atoms with Gasteiger partial charge in [-0.2, -0.15) is 0 Å². The molecule has 0 saturated carbocycles. The number of aryl methyl sites for hydroxylation is 1. The van der Waals surface area contributed by atoms with Gasteiger partial charge >= 0.3 is 0 Å². The summed E-state index contributed by atoms with van der Waals surface area (Å²) in [6.07, 6.45) is 0. The van der Waals surface area contributed by atoms with E-state index in [9.17, 15) is 9.18 Å². The van der Waals surface area contributed by atoms with Crippen molar-refractivity contribution in [2.24, 2.45) is 0 Å². The third kappa shape index (κ3) is 2.61. The van der Waals surface area contributed by atoms with Crippen LogP contribution in [0.2, 0.25) is 0 Å². The van der Waals surface area contributed by atoms with Gasteiger partial charge in [-0.3, -0.25) is 15.1 Å². The Morgan fingerprint density at radius 2 is 1.92 bits per heavy atom. The molecule has 0 unspecified atom stereocenters. The fourth-order valence-electron chi connectivity index (χ4n) is 2.56. The summed E-state index contributed by atoms with van der Waals surface area (Å²) in [5, 5.41) is 3.92. The lowest BCUT2D eigenvalue weighted by Crippen LogP contribution is -2.14. The molecule has 2 aromatic carbocycles. The third-order valence-corrected chi connectivity index (χ3v) is 4.68. The number of carbonyl (C=O) groups is 1. The molecule has 2 aromatic heterocycles. The number of anilines is 1. The Morgan fingerprint density at radius 1 is 1.08 bits per heavy atom. The molecular formula is C18H12FN3OS. The van der Waals surface area contributed by atoms with Crippen molar-refractivity contribution in [2.45, 2.75) is 6.92 Å². The number of rotatable bonds is 2. The quantitative estimate of drug-likeness (QED) is 0.584. The van der Waals surface area contributed by atoms with Crippen molar-refractivity contribution < 1.29 is 9.18 Å². The molecule has 4 rings (SSSR count). The van der Waals surface area contributed by atoms with Crippen LogP contribution < -0.4 is 5.32 Å². The zero-order valence-electron chi connectivity index (χ0n) is 12.7. The van der Waals surface area contributed by atoms with Crippen LogP contribution in [0.25, 0.3) is 21.1 Å². The number of hydrogen-bond donors (Lipinski definition) is 1. The van der Waals surface area contributed by atoms with Crippen LogP contribution in [0.15, 0.2) is 48.5 Å². The number of amides is 1. The summed E-state index contributed by atoms with van der Waals surface area (Å²) in [5.41, 5.74) is 2.50. The maximum Gasteiger partial charge on any atom is 0.259 e. The summed E-state index contributed by atoms with van der Waals surface area (Å²) in [6.45, 7) is 1.76. The van der Waals surface area contributed by atoms with E-state index in [2.05, 4.69) is 15.3 Å². The highest BCUT2D eigenvalue weighted by molar-refractivity contribution is 7.22. The van der Waals surface area contributed by atoms with E-state index < -0.39 is 0 Å². The van der Waals surface area contributed by atoms with Crippen LogP contribution in [0.3, 0.4) is 0 Å². The number of halogens is 1. The van der Waals surface area contributed by atoms with Gasteiger partial charge in [0.25, 0.3) is 5.91 Å². The highest BCUT2D eigenvalue weighted by Gasteiger charge is 2.14. The zero-order valence-corrected chi connectivity index (χ0v) is 13.5. The second kappa shape index (κ2) is 5.65. The summed E-state index contributed by atoms with van der Waals surface area (Å²) < 4.78 is 14.4. The molecule has 24 heavy (non-hydrogen) atoms. The highest BCUT2D eigenvalue weighted by Crippen LogP contribution is 2.26. The van der Waals surface area contributed by atoms with E-state index in [1.165, 1.54) is 23.5 Å². The Labute approximate surface area is 141 Å². The minimum Gasteiger partial charge on any atom is -0.298 e. The molecular weight excluding hydrogens is 325 g/mol. The van der Waals surface area contributed by atoms with Gasteiger partial charge in [-0.05, 0) is 43.3 Å². The number of pyridine rings is 1. The van der Waals surface area contributed by atoms with Crippen molar-refractivity contribution in [3.05, 3.63) is 65.6 Å². The first-order chi connectivity index (χ1) is 11.6. The van der Waals surface area contributed by atoms with Crippen molar-refractivity contribution in [3.8, 4) is 0 Å². The normalized spacial score (nSPS) is 11.1. The van der Waals surface area contributed by atoms with Gasteiger partial charge in [0.15, 0.2) is 5.13 Å². The fourth-order valence-corrected chi connectivity index (χ4v) is 3.42. The average Bonchev–Trinajstić information content (AvgIpc) is 2.96. The molecule has 0 spiro atoms. The second-order valence-electron chi connectivity index (χ2n) is 5.40. The standard InChI is InChI=1S/C18H12FN3OS/c1-10-13(9-11-8-12(19)6-7-14(11)20-10)17(23)22-18-21-15-4-2-3-5-16(15)24-18/h2-9H,1H3,(H,21,22,23). The van der Waals surface area contributed by atoms with Crippen molar-refractivity contribution in [1.82, 2.24) is 9.97 Å². The summed E-state index contributed by atoms with van der Waals surface area (Å²) in [7, 11) is 0. The number of aromatic nitrogens is 2. The molecule has 0 bridgehead atoms. The predicted molar refractivity (Wildman–Crippen MR) is 94.0 cm³/mol. The zero-order chi connectivity index (χ0) is 16.7. The molecule has 1 amide bonds. The number of thiazole rings is 1. The van der Waals surface area contributed by atoms with Crippen LogP contribution in [0.4, 0.5) is 9.52 Å². The minimum absolute atomic E-state index is 0.301. The molecule has 0 radical (unpaired) electrons. The second-order valence-corrected chi connectivity index (χ2v) is 6.43. The Morgan fingerprint density at radius 3 is 2.75 bits per heavy atom. The van der Waals surface area contributed by atoms with Crippen LogP contribution in [0.5, 0.6) is 0 Å². The van der Waals surface area contributed by atoms with Crippen molar-refractivity contribution in [2.75, 3.05) is 5.32 Å². The van der Waals surface area contributed by atoms with Gasteiger partial charge < -0.3 is 0 Å². The number of benzene rings is 2. The maximum absolute atomic E-state index is 13.4. The molecule has 6 heteroatoms. The van der Waals surface area contributed by atoms with Crippen LogP contribution >= 0.6 is 11.3 Å². The molecule has 0 fully saturated rings. The molecule has 2 heterocycles. The molecule has 0 aliphatic rings. The number of nitrogens with zero attached hydrogens (tertiary/aromatic N) is 2. The predicted octanol–water partition coefficient (Wildman–Crippen LogP) is 4.54. The Bertz CT molecular complexity index is 1060. The summed E-state index contributed by atoms with van der Waals surface area (Å²) in [4.78, 5) is 21.3. The molecule has 0 saturated heterocycles. The SMILES string of the molecule is Cc1nc2ccc(F)cc2cc1C(=O)Nc1nc2ccccc2s1. The van der Waals surface area contributed by atoms with Gasteiger partial charge in [0.1, 0.15) is 5.82 Å². The van der Waals surface area contributed by atoms with Crippen molar-refractivity contribution in [3.63, 3.8) is 0 Å². The average molecular weight is 337 g/mol. The van der Waals surface area contributed by atoms with Crippen molar-refractivity contribution >= 4 is 43.5 Å². The fraction of sp³-hybridized carbons (Fsp3) is 0.0556. The van der Waals surface area contributed by atoms with E-state index in [0.717, 1.165) is 10.2 Å². The Hall–Kier alpha value is -2.86. The number of nitrogens with one attached hydrogen (secondary N) is 1. The van der Waals surface area contributed by atoms with E-state index in [1.807, 2.05) is 24.3 Å². The monoisotopic (exact) mass is 337 g/mol. The molecule has 4 nitrogen and oxygen atoms in total. The molecule has 0 aliphatic carbocycles. The van der Waals surface area contributed by atoms with Crippen LogP contribution in [-0.2, 0) is 0 Å². The lowest BCUT2D eigenvalue weighted by molar-refractivity contribution is 0.102. The van der Waals surface area contributed by atoms with Crippen LogP contribution in [0.1, 0.15) is 16.1 Å². The summed E-state index contributed by atoms with van der Waals surface area (Å²) in [5.74, 6) is -0.657. The van der Waals surface area contributed by atoms with Gasteiger partial charge in [0.05, 0.1) is 27.0 Å². The molecule has 1 N–H and O–H groups in total. The molecule has 0 atom stereocenters. The smallest absolute Gasteiger partial charge is 0.259 e. The van der Waals surface area contributed by atoms with E-state index in [0.29, 0.717) is 27.3 Å². The first-order valence-electron chi connectivity index (χ1n) is 7.34. The number of hydrogen-bond acceptors (Lipinski definition) is 4. The maximum atomic E-state index is 13.4. The van der Waals surface area contributed by atoms with Gasteiger partial charge in [-0.25, -0.2) is 9.37 Å². The topological polar surface area (TPSA) is 54.9 Å². The van der Waals surface area contributed by atoms with Crippen LogP contribution in [0, 0.1) is 12.7 Å². The van der Waals surface area contributed by atoms with Gasteiger partial charge in [0.2, 0.25) is 0 Å². The largest absolute Gasteiger partial charge is 0.298 e. The van der Waals surface area contributed by atoms with Gasteiger partial charge in [0, 0.05) is 5.39 Å². The lowest BCUT2D eigenvalue weighted by atomic mass is 10.1. The molecule has 0 aliphatic heterocycles. The van der Waals surface area contributed by atoms with Crippen LogP contribution in [-0.4, -0.2) is 15.9 Å². The lowest BCUT2D eigenvalue weighted by Gasteiger charge is -2.07. The minimum atomic E-state index is -0.356. The van der Waals surface area contributed by atoms with E-state index in [1.54, 1.807) is 19.1 Å². The Kier molecular flexibility index (Phi) is 3.46.